The predicted octanol–water partition coefficient (Wildman–Crippen LogP) is 3.16. The zero-order valence-corrected chi connectivity index (χ0v) is 10.4. The van der Waals surface area contributed by atoms with Gasteiger partial charge in [0.1, 0.15) is 10.6 Å². The monoisotopic (exact) mass is 251 g/mol. The van der Waals surface area contributed by atoms with Gasteiger partial charge in [0.2, 0.25) is 0 Å². The Morgan fingerprint density at radius 2 is 2.29 bits per heavy atom. The first-order valence-electron chi connectivity index (χ1n) is 5.25. The fourth-order valence-corrected chi connectivity index (χ4v) is 2.87. The highest BCUT2D eigenvalue weighted by Gasteiger charge is 2.20. The number of carboxylic acids is 1. The van der Waals surface area contributed by atoms with E-state index >= 15 is 0 Å². The normalized spacial score (nSPS) is 10.7. The van der Waals surface area contributed by atoms with Crippen LogP contribution in [0.2, 0.25) is 0 Å². The summed E-state index contributed by atoms with van der Waals surface area (Å²) in [6.45, 7) is 3.83. The predicted molar refractivity (Wildman–Crippen MR) is 67.5 cm³/mol. The molecule has 0 fully saturated rings. The molecule has 0 aromatic carbocycles. The zero-order valence-electron chi connectivity index (χ0n) is 9.61. The number of anilines is 1. The summed E-state index contributed by atoms with van der Waals surface area (Å²) in [7, 11) is 0. The Morgan fingerprint density at radius 3 is 2.82 bits per heavy atom. The fourth-order valence-electron chi connectivity index (χ4n) is 1.76. The number of carbonyl (C=O) groups is 1. The molecule has 4 nitrogen and oxygen atoms in total. The number of nitrogen functional groups attached to an aromatic ring is 1. The Bertz CT molecular complexity index is 568. The molecule has 2 aromatic rings. The average molecular weight is 251 g/mol. The summed E-state index contributed by atoms with van der Waals surface area (Å²) in [6.07, 6.45) is 2.38. The van der Waals surface area contributed by atoms with E-state index in [1.54, 1.807) is 6.26 Å². The standard InChI is InChI=1S/C12H13NO3S/c1-3-8-7(4-5-16-8)10-6(2)9(13)11(17-10)12(14)15/h4-5H,3,13H2,1-2H3,(H,14,15). The van der Waals surface area contributed by atoms with Gasteiger partial charge in [0.05, 0.1) is 12.0 Å². The molecule has 0 saturated carbocycles. The lowest BCUT2D eigenvalue weighted by molar-refractivity contribution is 0.0703. The molecule has 0 saturated heterocycles. The number of aromatic carboxylic acids is 1. The molecular weight excluding hydrogens is 238 g/mol. The Kier molecular flexibility index (Phi) is 2.93. The van der Waals surface area contributed by atoms with Crippen LogP contribution in [-0.4, -0.2) is 11.1 Å². The number of aryl methyl sites for hydroxylation is 1. The molecule has 0 radical (unpaired) electrons. The van der Waals surface area contributed by atoms with Crippen molar-refractivity contribution in [2.24, 2.45) is 0 Å². The Labute approximate surface area is 103 Å². The number of rotatable bonds is 3. The molecule has 5 heteroatoms. The first kappa shape index (κ1) is 11.7. The number of thiophene rings is 1. The molecule has 0 aliphatic rings. The van der Waals surface area contributed by atoms with E-state index < -0.39 is 5.97 Å². The van der Waals surface area contributed by atoms with Gasteiger partial charge in [-0.3, -0.25) is 0 Å². The van der Waals surface area contributed by atoms with E-state index in [9.17, 15) is 4.79 Å². The van der Waals surface area contributed by atoms with E-state index in [1.165, 1.54) is 11.3 Å². The van der Waals surface area contributed by atoms with Crippen molar-refractivity contribution in [1.29, 1.82) is 0 Å². The lowest BCUT2D eigenvalue weighted by Crippen LogP contribution is -1.97. The molecule has 0 atom stereocenters. The van der Waals surface area contributed by atoms with Crippen LogP contribution < -0.4 is 5.73 Å². The van der Waals surface area contributed by atoms with E-state index in [4.69, 9.17) is 15.3 Å². The lowest BCUT2D eigenvalue weighted by Gasteiger charge is -1.99. The highest BCUT2D eigenvalue weighted by Crippen LogP contribution is 2.39. The maximum Gasteiger partial charge on any atom is 0.348 e. The minimum Gasteiger partial charge on any atom is -0.477 e. The van der Waals surface area contributed by atoms with Crippen molar-refractivity contribution in [2.75, 3.05) is 5.73 Å². The van der Waals surface area contributed by atoms with Gasteiger partial charge in [-0.15, -0.1) is 11.3 Å². The molecule has 2 aromatic heterocycles. The largest absolute Gasteiger partial charge is 0.477 e. The topological polar surface area (TPSA) is 76.5 Å². The van der Waals surface area contributed by atoms with E-state index in [2.05, 4.69) is 0 Å². The van der Waals surface area contributed by atoms with Gasteiger partial charge in [-0.1, -0.05) is 6.92 Å². The van der Waals surface area contributed by atoms with Crippen molar-refractivity contribution in [3.63, 3.8) is 0 Å². The van der Waals surface area contributed by atoms with Crippen molar-refractivity contribution < 1.29 is 14.3 Å². The fraction of sp³-hybridized carbons (Fsp3) is 0.250. The highest BCUT2D eigenvalue weighted by molar-refractivity contribution is 7.18. The number of nitrogens with two attached hydrogens (primary N) is 1. The summed E-state index contributed by atoms with van der Waals surface area (Å²) < 4.78 is 5.35. The van der Waals surface area contributed by atoms with Gasteiger partial charge in [-0.25, -0.2) is 4.79 Å². The van der Waals surface area contributed by atoms with Crippen LogP contribution in [0.5, 0.6) is 0 Å². The Hall–Kier alpha value is -1.75. The van der Waals surface area contributed by atoms with Gasteiger partial charge in [0.25, 0.3) is 0 Å². The SMILES string of the molecule is CCc1occc1-c1sc(C(=O)O)c(N)c1C. The van der Waals surface area contributed by atoms with Crippen LogP contribution in [0.25, 0.3) is 10.4 Å². The maximum atomic E-state index is 11.0. The Morgan fingerprint density at radius 1 is 1.59 bits per heavy atom. The van der Waals surface area contributed by atoms with Gasteiger partial charge in [0, 0.05) is 16.9 Å². The average Bonchev–Trinajstić information content (AvgIpc) is 2.85. The van der Waals surface area contributed by atoms with E-state index in [-0.39, 0.29) is 4.88 Å². The van der Waals surface area contributed by atoms with Crippen LogP contribution in [-0.2, 0) is 6.42 Å². The summed E-state index contributed by atoms with van der Waals surface area (Å²) in [5, 5.41) is 9.03. The molecule has 0 amide bonds. The number of hydrogen-bond acceptors (Lipinski definition) is 4. The van der Waals surface area contributed by atoms with Crippen LogP contribution in [0.3, 0.4) is 0 Å². The second kappa shape index (κ2) is 4.25. The third-order valence-corrected chi connectivity index (χ3v) is 4.03. The number of furan rings is 1. The smallest absolute Gasteiger partial charge is 0.348 e. The van der Waals surface area contributed by atoms with E-state index in [0.717, 1.165) is 28.2 Å². The van der Waals surface area contributed by atoms with Crippen molar-refractivity contribution in [1.82, 2.24) is 0 Å². The first-order valence-corrected chi connectivity index (χ1v) is 6.06. The van der Waals surface area contributed by atoms with Crippen LogP contribution in [0, 0.1) is 6.92 Å². The van der Waals surface area contributed by atoms with Gasteiger partial charge in [0.15, 0.2) is 0 Å². The molecule has 0 spiro atoms. The summed E-state index contributed by atoms with van der Waals surface area (Å²) in [5.41, 5.74) is 7.90. The molecule has 90 valence electrons. The third-order valence-electron chi connectivity index (χ3n) is 2.70. The van der Waals surface area contributed by atoms with E-state index in [0.29, 0.717) is 5.69 Å². The third kappa shape index (κ3) is 1.82. The van der Waals surface area contributed by atoms with Crippen LogP contribution >= 0.6 is 11.3 Å². The molecule has 0 aliphatic carbocycles. The molecular formula is C12H13NO3S. The maximum absolute atomic E-state index is 11.0. The van der Waals surface area contributed by atoms with Gasteiger partial charge in [-0.2, -0.15) is 0 Å². The summed E-state index contributed by atoms with van der Waals surface area (Å²) in [6, 6.07) is 1.85. The Balaban J connectivity index is 2.61. The molecule has 0 aliphatic heterocycles. The highest BCUT2D eigenvalue weighted by atomic mass is 32.1. The second-order valence-electron chi connectivity index (χ2n) is 3.72. The lowest BCUT2D eigenvalue weighted by atomic mass is 10.1. The molecule has 3 N–H and O–H groups in total. The van der Waals surface area contributed by atoms with Gasteiger partial charge >= 0.3 is 5.97 Å². The molecule has 0 bridgehead atoms. The van der Waals surface area contributed by atoms with Gasteiger partial charge in [-0.05, 0) is 18.6 Å². The molecule has 2 heterocycles. The van der Waals surface area contributed by atoms with Crippen molar-refractivity contribution in [3.05, 3.63) is 28.5 Å². The van der Waals surface area contributed by atoms with Crippen molar-refractivity contribution >= 4 is 23.0 Å². The zero-order chi connectivity index (χ0) is 12.6. The summed E-state index contributed by atoms with van der Waals surface area (Å²) in [4.78, 5) is 12.1. The van der Waals surface area contributed by atoms with Crippen LogP contribution in [0.1, 0.15) is 27.9 Å². The quantitative estimate of drug-likeness (QED) is 0.878. The number of carboxylic acid groups (broad SMARTS) is 1. The minimum atomic E-state index is -0.983. The summed E-state index contributed by atoms with van der Waals surface area (Å²) >= 11 is 1.20. The van der Waals surface area contributed by atoms with E-state index in [1.807, 2.05) is 19.9 Å². The first-order chi connectivity index (χ1) is 8.06. The van der Waals surface area contributed by atoms with Crippen LogP contribution in [0.4, 0.5) is 5.69 Å². The summed E-state index contributed by atoms with van der Waals surface area (Å²) in [5.74, 6) is -0.130. The minimum absolute atomic E-state index is 0.195. The van der Waals surface area contributed by atoms with Gasteiger partial charge < -0.3 is 15.3 Å². The molecule has 0 unspecified atom stereocenters. The molecule has 2 rings (SSSR count). The van der Waals surface area contributed by atoms with Crippen molar-refractivity contribution in [3.8, 4) is 10.4 Å². The van der Waals surface area contributed by atoms with Crippen molar-refractivity contribution in [2.45, 2.75) is 20.3 Å². The van der Waals surface area contributed by atoms with Crippen LogP contribution in [0.15, 0.2) is 16.7 Å². The number of hydrogen-bond donors (Lipinski definition) is 2. The molecule has 17 heavy (non-hydrogen) atoms. The second-order valence-corrected chi connectivity index (χ2v) is 4.74.